The number of imidazole rings is 1. The minimum atomic E-state index is 0.260. The van der Waals surface area contributed by atoms with E-state index < -0.39 is 0 Å². The minimum Gasteiger partial charge on any atom is -0.355 e. The van der Waals surface area contributed by atoms with E-state index in [4.69, 9.17) is 4.98 Å². The van der Waals surface area contributed by atoms with Crippen molar-refractivity contribution in [3.63, 3.8) is 0 Å². The topological polar surface area (TPSA) is 77.5 Å². The molecule has 1 aliphatic rings. The summed E-state index contributed by atoms with van der Waals surface area (Å²) in [5.41, 5.74) is 2.23. The third kappa shape index (κ3) is 3.03. The lowest BCUT2D eigenvalue weighted by molar-refractivity contribution is 0.485. The van der Waals surface area contributed by atoms with Crippen LogP contribution in [-0.2, 0) is 7.05 Å². The van der Waals surface area contributed by atoms with E-state index in [1.807, 2.05) is 30.7 Å². The van der Waals surface area contributed by atoms with Crippen molar-refractivity contribution < 1.29 is 0 Å². The van der Waals surface area contributed by atoms with Crippen molar-refractivity contribution in [2.45, 2.75) is 39.5 Å². The van der Waals surface area contributed by atoms with E-state index in [0.717, 1.165) is 53.5 Å². The van der Waals surface area contributed by atoms with Gasteiger partial charge in [0, 0.05) is 32.1 Å². The fraction of sp³-hybridized carbons (Fsp3) is 0.409. The van der Waals surface area contributed by atoms with E-state index >= 15 is 0 Å². The van der Waals surface area contributed by atoms with Crippen LogP contribution in [0.4, 0.5) is 5.82 Å². The van der Waals surface area contributed by atoms with Crippen LogP contribution in [0.2, 0.25) is 0 Å². The maximum atomic E-state index is 4.86. The summed E-state index contributed by atoms with van der Waals surface area (Å²) in [4.78, 5) is 21.0. The highest BCUT2D eigenvalue weighted by molar-refractivity contribution is 5.76. The van der Waals surface area contributed by atoms with Gasteiger partial charge in [0.25, 0.3) is 0 Å². The quantitative estimate of drug-likeness (QED) is 0.521. The third-order valence-corrected chi connectivity index (χ3v) is 5.67. The lowest BCUT2D eigenvalue weighted by atomic mass is 9.99. The molecule has 1 aromatic carbocycles. The third-order valence-electron chi connectivity index (χ3n) is 5.67. The summed E-state index contributed by atoms with van der Waals surface area (Å²) in [6, 6.07) is 10.3. The van der Waals surface area contributed by atoms with Crippen LogP contribution in [0.1, 0.15) is 49.0 Å². The number of hydrogen-bond donors (Lipinski definition) is 0. The van der Waals surface area contributed by atoms with E-state index in [9.17, 15) is 0 Å². The molecule has 1 saturated heterocycles. The van der Waals surface area contributed by atoms with Crippen LogP contribution in [0.25, 0.3) is 16.9 Å². The molecule has 0 spiro atoms. The van der Waals surface area contributed by atoms with Gasteiger partial charge in [0.15, 0.2) is 5.82 Å². The fourth-order valence-electron chi connectivity index (χ4n) is 4.14. The van der Waals surface area contributed by atoms with Gasteiger partial charge in [-0.15, -0.1) is 5.10 Å². The Morgan fingerprint density at radius 2 is 1.67 bits per heavy atom. The van der Waals surface area contributed by atoms with Gasteiger partial charge in [-0.2, -0.15) is 4.68 Å². The molecule has 3 aromatic heterocycles. The second-order valence-electron chi connectivity index (χ2n) is 8.33. The predicted octanol–water partition coefficient (Wildman–Crippen LogP) is 3.29. The minimum absolute atomic E-state index is 0.260. The molecule has 0 amide bonds. The molecule has 4 aromatic rings. The zero-order valence-corrected chi connectivity index (χ0v) is 18.0. The molecule has 5 rings (SSSR count). The smallest absolute Gasteiger partial charge is 0.161 e. The Morgan fingerprint density at radius 1 is 0.933 bits per heavy atom. The zero-order chi connectivity index (χ0) is 21.0. The first-order valence-corrected chi connectivity index (χ1v) is 10.4. The molecule has 1 aliphatic heterocycles. The van der Waals surface area contributed by atoms with Crippen LogP contribution in [0.5, 0.6) is 0 Å². The predicted molar refractivity (Wildman–Crippen MR) is 116 cm³/mol. The molecule has 1 fully saturated rings. The average Bonchev–Trinajstić information content (AvgIpc) is 3.22. The molecular weight excluding hydrogens is 376 g/mol. The van der Waals surface area contributed by atoms with Crippen molar-refractivity contribution in [2.75, 3.05) is 18.0 Å². The highest BCUT2D eigenvalue weighted by Gasteiger charge is 2.33. The van der Waals surface area contributed by atoms with E-state index in [-0.39, 0.29) is 5.92 Å². The Bertz CT molecular complexity index is 1230. The monoisotopic (exact) mass is 402 g/mol. The summed E-state index contributed by atoms with van der Waals surface area (Å²) in [6.07, 6.45) is 0. The van der Waals surface area contributed by atoms with Gasteiger partial charge >= 0.3 is 0 Å². The van der Waals surface area contributed by atoms with Crippen molar-refractivity contribution in [1.82, 2.24) is 34.3 Å². The molecule has 0 N–H and O–H groups in total. The number of hydrogen-bond acceptors (Lipinski definition) is 6. The maximum Gasteiger partial charge on any atom is 0.161 e. The van der Waals surface area contributed by atoms with Crippen LogP contribution in [0.3, 0.4) is 0 Å². The maximum absolute atomic E-state index is 4.86. The van der Waals surface area contributed by atoms with Crippen molar-refractivity contribution >= 4 is 16.9 Å². The molecule has 0 bridgehead atoms. The summed E-state index contributed by atoms with van der Waals surface area (Å²) < 4.78 is 4.06. The molecule has 4 heterocycles. The zero-order valence-electron chi connectivity index (χ0n) is 18.0. The van der Waals surface area contributed by atoms with Crippen LogP contribution in [0, 0.1) is 13.8 Å². The first-order valence-electron chi connectivity index (χ1n) is 10.4. The number of para-hydroxylation sites is 2. The highest BCUT2D eigenvalue weighted by Crippen LogP contribution is 2.32. The lowest BCUT2D eigenvalue weighted by Gasteiger charge is -2.39. The first kappa shape index (κ1) is 18.7. The molecule has 30 heavy (non-hydrogen) atoms. The summed E-state index contributed by atoms with van der Waals surface area (Å²) in [6.45, 7) is 9.85. The number of benzene rings is 1. The van der Waals surface area contributed by atoms with Crippen LogP contribution < -0.4 is 4.90 Å². The number of rotatable bonds is 4. The van der Waals surface area contributed by atoms with E-state index in [1.165, 1.54) is 5.52 Å². The van der Waals surface area contributed by atoms with Crippen molar-refractivity contribution in [3.05, 3.63) is 53.6 Å². The van der Waals surface area contributed by atoms with Gasteiger partial charge in [0.05, 0.1) is 17.0 Å². The van der Waals surface area contributed by atoms with Gasteiger partial charge in [-0.1, -0.05) is 26.0 Å². The molecule has 0 unspecified atom stereocenters. The van der Waals surface area contributed by atoms with Gasteiger partial charge in [0.1, 0.15) is 29.1 Å². The second kappa shape index (κ2) is 6.90. The molecular formula is C22H26N8. The first-order chi connectivity index (χ1) is 14.4. The standard InChI is InChI=1S/C22H26N8/c1-13(2)21-25-15(4)27-30(21)20-10-19(23-14(3)24-20)29-11-16(12-29)22-26-17-8-6-7-9-18(17)28(22)5/h6-10,13,16H,11-12H2,1-5H3. The highest BCUT2D eigenvalue weighted by atomic mass is 15.4. The Labute approximate surface area is 175 Å². The van der Waals surface area contributed by atoms with Crippen molar-refractivity contribution in [1.29, 1.82) is 0 Å². The molecule has 8 nitrogen and oxygen atoms in total. The average molecular weight is 403 g/mol. The van der Waals surface area contributed by atoms with Gasteiger partial charge in [0.2, 0.25) is 0 Å². The number of anilines is 1. The molecule has 0 radical (unpaired) electrons. The number of nitrogens with zero attached hydrogens (tertiary/aromatic N) is 8. The van der Waals surface area contributed by atoms with Crippen molar-refractivity contribution in [3.8, 4) is 5.82 Å². The molecule has 0 saturated carbocycles. The number of aryl methyl sites for hydroxylation is 3. The fourth-order valence-corrected chi connectivity index (χ4v) is 4.14. The van der Waals surface area contributed by atoms with E-state index in [0.29, 0.717) is 5.92 Å². The summed E-state index contributed by atoms with van der Waals surface area (Å²) in [5, 5.41) is 4.57. The Hall–Kier alpha value is -3.29. The van der Waals surface area contributed by atoms with Gasteiger partial charge in [-0.3, -0.25) is 0 Å². The molecule has 0 aliphatic carbocycles. The van der Waals surface area contributed by atoms with Crippen LogP contribution in [-0.4, -0.2) is 47.4 Å². The lowest BCUT2D eigenvalue weighted by Crippen LogP contribution is -2.46. The normalized spacial score (nSPS) is 14.7. The van der Waals surface area contributed by atoms with E-state index in [1.54, 1.807) is 0 Å². The summed E-state index contributed by atoms with van der Waals surface area (Å²) in [5.74, 6) is 5.88. The molecule has 8 heteroatoms. The molecule has 0 atom stereocenters. The van der Waals surface area contributed by atoms with Crippen LogP contribution in [0.15, 0.2) is 30.3 Å². The second-order valence-corrected chi connectivity index (χ2v) is 8.33. The van der Waals surface area contributed by atoms with Gasteiger partial charge in [-0.25, -0.2) is 19.9 Å². The van der Waals surface area contributed by atoms with E-state index in [2.05, 4.69) is 68.6 Å². The number of fused-ring (bicyclic) bond motifs is 1. The largest absolute Gasteiger partial charge is 0.355 e. The van der Waals surface area contributed by atoms with Crippen molar-refractivity contribution in [2.24, 2.45) is 7.05 Å². The van der Waals surface area contributed by atoms with Gasteiger partial charge < -0.3 is 9.47 Å². The number of aromatic nitrogens is 7. The Morgan fingerprint density at radius 3 is 2.40 bits per heavy atom. The summed E-state index contributed by atoms with van der Waals surface area (Å²) >= 11 is 0. The van der Waals surface area contributed by atoms with Crippen LogP contribution >= 0.6 is 0 Å². The summed E-state index contributed by atoms with van der Waals surface area (Å²) in [7, 11) is 2.10. The van der Waals surface area contributed by atoms with Gasteiger partial charge in [-0.05, 0) is 26.0 Å². The SMILES string of the molecule is Cc1nc(N2CC(c3nc4ccccc4n3C)C2)cc(-n2nc(C)nc2C(C)C)n1. The Balaban J connectivity index is 1.42. The Kier molecular flexibility index (Phi) is 4.30. The molecule has 154 valence electrons.